The second-order valence-electron chi connectivity index (χ2n) is 1.50. The average molecular weight is 138 g/mol. The minimum atomic E-state index is -0.333. The molecule has 0 saturated heterocycles. The molecule has 0 nitrogen and oxygen atoms in total. The normalized spacial score (nSPS) is 7.20. The van der Waals surface area contributed by atoms with Crippen LogP contribution in [-0.4, -0.2) is 14.3 Å². The molecule has 0 aliphatic carbocycles. The molecule has 33 valence electrons. The Morgan fingerprint density at radius 2 is 1.00 bits per heavy atom. The van der Waals surface area contributed by atoms with Crippen molar-refractivity contribution in [1.29, 1.82) is 0 Å². The van der Waals surface area contributed by atoms with Crippen LogP contribution in [0.1, 0.15) is 0 Å². The molecule has 2 heteroatoms. The third kappa shape index (κ3) is 122. The van der Waals surface area contributed by atoms with Gasteiger partial charge in [-0.3, -0.25) is 4.70 Å². The van der Waals surface area contributed by atoms with Crippen molar-refractivity contribution in [2.24, 2.45) is 0 Å². The van der Waals surface area contributed by atoms with Gasteiger partial charge in [0.2, 0.25) is 0 Å². The van der Waals surface area contributed by atoms with Gasteiger partial charge < -0.3 is 0 Å². The van der Waals surface area contributed by atoms with Crippen molar-refractivity contribution >= 4 is 14.3 Å². The summed E-state index contributed by atoms with van der Waals surface area (Å²) in [5.74, 6) is 7.00. The first-order chi connectivity index (χ1) is 1.73. The van der Waals surface area contributed by atoms with Crippen molar-refractivity contribution < 1.29 is 4.70 Å². The molecule has 1 radical (unpaired) electrons. The Bertz CT molecular complexity index is 11.6. The molecule has 0 N–H and O–H groups in total. The summed E-state index contributed by atoms with van der Waals surface area (Å²) >= 11 is -0.333. The van der Waals surface area contributed by atoms with Crippen LogP contribution >= 0.6 is 0 Å². The Labute approximate surface area is 37.0 Å². The van der Waals surface area contributed by atoms with Crippen LogP contribution in [0.2, 0.25) is 17.3 Å². The van der Waals surface area contributed by atoms with Crippen LogP contribution < -0.4 is 0 Å². The second kappa shape index (κ2) is 4.47. The third-order valence-corrected chi connectivity index (χ3v) is 0. The number of rotatable bonds is 0. The molecule has 0 aromatic carbocycles. The molecule has 5 heavy (non-hydrogen) atoms. The Balaban J connectivity index is 0. The summed E-state index contributed by atoms with van der Waals surface area (Å²) in [5, 5.41) is 0. The van der Waals surface area contributed by atoms with Crippen molar-refractivity contribution in [3.05, 3.63) is 0 Å². The van der Waals surface area contributed by atoms with Crippen LogP contribution in [0.4, 0.5) is 4.70 Å². The van der Waals surface area contributed by atoms with Gasteiger partial charge in [0.15, 0.2) is 0 Å². The van der Waals surface area contributed by atoms with Gasteiger partial charge in [0, 0.05) is 0 Å². The molecule has 0 bridgehead atoms. The summed E-state index contributed by atoms with van der Waals surface area (Å²) in [7, 11) is 0. The first-order valence-corrected chi connectivity index (χ1v) is 7.79. The summed E-state index contributed by atoms with van der Waals surface area (Å²) < 4.78 is 0. The maximum absolute atomic E-state index is 2.33. The summed E-state index contributed by atoms with van der Waals surface area (Å²) in [6.07, 6.45) is 0. The van der Waals surface area contributed by atoms with Gasteiger partial charge >= 0.3 is 31.6 Å². The molecule has 0 heterocycles. The molecule has 0 saturated carbocycles. The van der Waals surface area contributed by atoms with E-state index in [1.807, 2.05) is 0 Å². The maximum atomic E-state index is 2.33. The van der Waals surface area contributed by atoms with E-state index in [0.29, 0.717) is 0 Å². The average Bonchev–Trinajstić information content (AvgIpc) is 0.811. The molecule has 0 spiro atoms. The monoisotopic (exact) mass is 139 g/mol. The molecule has 0 atom stereocenters. The van der Waals surface area contributed by atoms with Crippen LogP contribution in [-0.2, 0) is 0 Å². The summed E-state index contributed by atoms with van der Waals surface area (Å²) in [6, 6.07) is 0. The van der Waals surface area contributed by atoms with E-state index in [-0.39, 0.29) is 19.1 Å². The molecule has 0 rings (SSSR count). The van der Waals surface area contributed by atoms with Crippen LogP contribution in [0.15, 0.2) is 0 Å². The number of halogens is 1. The van der Waals surface area contributed by atoms with Gasteiger partial charge in [-0.1, -0.05) is 0 Å². The zero-order chi connectivity index (χ0) is 3.58. The quantitative estimate of drug-likeness (QED) is 0.445. The fraction of sp³-hybridized carbons (Fsp3) is 1.00. The molecule has 0 fully saturated rings. The molecular formula is C3H10FGe. The molecule has 0 aliphatic rings. The topological polar surface area (TPSA) is 0 Å². The Morgan fingerprint density at radius 3 is 1.00 bits per heavy atom. The van der Waals surface area contributed by atoms with Gasteiger partial charge in [-0.05, 0) is 0 Å². The molecule has 0 aromatic heterocycles. The Kier molecular flexibility index (Phi) is 8.12. The summed E-state index contributed by atoms with van der Waals surface area (Å²) in [6.45, 7) is 0. The van der Waals surface area contributed by atoms with Crippen LogP contribution in [0, 0.1) is 0 Å². The van der Waals surface area contributed by atoms with Gasteiger partial charge in [0.05, 0.1) is 0 Å². The van der Waals surface area contributed by atoms with Crippen molar-refractivity contribution in [2.75, 3.05) is 0 Å². The van der Waals surface area contributed by atoms with Crippen molar-refractivity contribution in [3.63, 3.8) is 0 Å². The van der Waals surface area contributed by atoms with Crippen LogP contribution in [0.25, 0.3) is 0 Å². The molecule has 0 unspecified atom stereocenters. The van der Waals surface area contributed by atoms with Crippen molar-refractivity contribution in [1.82, 2.24) is 0 Å². The minimum absolute atomic E-state index is 0. The van der Waals surface area contributed by atoms with Crippen molar-refractivity contribution in [3.8, 4) is 0 Å². The molecule has 0 amide bonds. The standard InChI is InChI=1S/C3H9Ge.FH/c1-4(2)3;/h1-3H3;1H. The van der Waals surface area contributed by atoms with Gasteiger partial charge in [-0.25, -0.2) is 0 Å². The molecule has 0 aliphatic heterocycles. The van der Waals surface area contributed by atoms with Gasteiger partial charge in [-0.15, -0.1) is 0 Å². The molecular weight excluding hydrogens is 128 g/mol. The van der Waals surface area contributed by atoms with E-state index in [4.69, 9.17) is 0 Å². The van der Waals surface area contributed by atoms with Crippen LogP contribution in [0.3, 0.4) is 0 Å². The van der Waals surface area contributed by atoms with E-state index < -0.39 is 0 Å². The van der Waals surface area contributed by atoms with E-state index in [2.05, 4.69) is 17.3 Å². The fourth-order valence-corrected chi connectivity index (χ4v) is 0. The first kappa shape index (κ1) is 9.08. The summed E-state index contributed by atoms with van der Waals surface area (Å²) in [4.78, 5) is 0. The zero-order valence-corrected chi connectivity index (χ0v) is 6.01. The van der Waals surface area contributed by atoms with E-state index in [9.17, 15) is 0 Å². The van der Waals surface area contributed by atoms with Gasteiger partial charge in [0.25, 0.3) is 0 Å². The van der Waals surface area contributed by atoms with Crippen LogP contribution in [0.5, 0.6) is 0 Å². The van der Waals surface area contributed by atoms with E-state index in [1.165, 1.54) is 0 Å². The third-order valence-electron chi connectivity index (χ3n) is 0. The Hall–Kier alpha value is 0.473. The van der Waals surface area contributed by atoms with E-state index >= 15 is 0 Å². The van der Waals surface area contributed by atoms with E-state index in [1.54, 1.807) is 0 Å². The second-order valence-corrected chi connectivity index (χ2v) is 7.79. The molecule has 0 aromatic rings. The number of hydrogen-bond donors (Lipinski definition) is 0. The number of hydrogen-bond acceptors (Lipinski definition) is 0. The Morgan fingerprint density at radius 1 is 1.00 bits per heavy atom. The predicted molar refractivity (Wildman–Crippen MR) is 25.8 cm³/mol. The van der Waals surface area contributed by atoms with Gasteiger partial charge in [0.1, 0.15) is 0 Å². The first-order valence-electron chi connectivity index (χ1n) is 1.50. The SMILES string of the molecule is F.[CH3][Ge]([CH3])[CH3]. The van der Waals surface area contributed by atoms with Gasteiger partial charge in [-0.2, -0.15) is 0 Å². The van der Waals surface area contributed by atoms with E-state index in [0.717, 1.165) is 0 Å². The predicted octanol–water partition coefficient (Wildman–Crippen LogP) is 1.52. The zero-order valence-electron chi connectivity index (χ0n) is 3.91. The fourth-order valence-electron chi connectivity index (χ4n) is 0. The van der Waals surface area contributed by atoms with Crippen molar-refractivity contribution in [2.45, 2.75) is 17.3 Å². The summed E-state index contributed by atoms with van der Waals surface area (Å²) in [5.41, 5.74) is 0.